The van der Waals surface area contributed by atoms with Gasteiger partial charge in [0, 0.05) is 6.42 Å². The van der Waals surface area contributed by atoms with Crippen LogP contribution in [0.25, 0.3) is 0 Å². The summed E-state index contributed by atoms with van der Waals surface area (Å²) in [6.45, 7) is 0.676. The largest absolute Gasteiger partial charge is 0.479 e. The number of aliphatic carboxylic acids is 1. The number of carboxylic acids is 1. The van der Waals surface area contributed by atoms with Crippen LogP contribution in [-0.2, 0) is 16.1 Å². The Hall–Kier alpha value is -1.39. The molecule has 1 aromatic carbocycles. The molecule has 1 atom stereocenters. The molecule has 1 rings (SSSR count). The topological polar surface area (TPSA) is 66.8 Å². The van der Waals surface area contributed by atoms with Crippen molar-refractivity contribution in [1.29, 1.82) is 0 Å². The number of rotatable bonds is 6. The molecule has 0 radical (unpaired) electrons. The molecule has 15 heavy (non-hydrogen) atoms. The molecule has 0 aliphatic rings. The Kier molecular flexibility index (Phi) is 4.80. The third-order valence-electron chi connectivity index (χ3n) is 1.93. The molecule has 0 fully saturated rings. The molecule has 4 nitrogen and oxygen atoms in total. The second-order valence-corrected chi connectivity index (χ2v) is 3.18. The molecule has 0 aliphatic heterocycles. The third-order valence-corrected chi connectivity index (χ3v) is 1.93. The number of aliphatic hydroxyl groups is 1. The minimum atomic E-state index is -1.33. The van der Waals surface area contributed by atoms with E-state index in [9.17, 15) is 4.79 Å². The molecule has 4 heteroatoms. The second kappa shape index (κ2) is 6.16. The Morgan fingerprint density at radius 1 is 1.33 bits per heavy atom. The minimum Gasteiger partial charge on any atom is -0.479 e. The molecule has 1 unspecified atom stereocenters. The predicted molar refractivity (Wildman–Crippen MR) is 54.4 cm³/mol. The molecule has 0 saturated carbocycles. The number of benzene rings is 1. The Bertz CT molecular complexity index is 297. The molecule has 0 spiro atoms. The van der Waals surface area contributed by atoms with Crippen molar-refractivity contribution in [1.82, 2.24) is 0 Å². The zero-order chi connectivity index (χ0) is 11.1. The first-order valence-electron chi connectivity index (χ1n) is 4.72. The summed E-state index contributed by atoms with van der Waals surface area (Å²) in [6.07, 6.45) is -1.22. The summed E-state index contributed by atoms with van der Waals surface area (Å²) in [6, 6.07) is 9.58. The van der Waals surface area contributed by atoms with Crippen molar-refractivity contribution in [2.24, 2.45) is 0 Å². The lowest BCUT2D eigenvalue weighted by Crippen LogP contribution is -2.21. The summed E-state index contributed by atoms with van der Waals surface area (Å²) < 4.78 is 5.22. The quantitative estimate of drug-likeness (QED) is 0.688. The molecule has 2 N–H and O–H groups in total. The van der Waals surface area contributed by atoms with Gasteiger partial charge in [-0.1, -0.05) is 30.3 Å². The molecular weight excluding hydrogens is 196 g/mol. The SMILES string of the molecule is O=C(O)C(O)CCOCc1ccccc1. The van der Waals surface area contributed by atoms with E-state index >= 15 is 0 Å². The molecule has 0 heterocycles. The summed E-state index contributed by atoms with van der Waals surface area (Å²) in [5, 5.41) is 17.3. The molecular formula is C11H14O4. The molecule has 82 valence electrons. The maximum atomic E-state index is 10.3. The van der Waals surface area contributed by atoms with E-state index in [-0.39, 0.29) is 13.0 Å². The van der Waals surface area contributed by atoms with E-state index in [0.29, 0.717) is 6.61 Å². The predicted octanol–water partition coefficient (Wildman–Crippen LogP) is 1.04. The van der Waals surface area contributed by atoms with Gasteiger partial charge in [0.25, 0.3) is 0 Å². The van der Waals surface area contributed by atoms with Gasteiger partial charge in [-0.25, -0.2) is 4.79 Å². The van der Waals surface area contributed by atoms with E-state index in [1.165, 1.54) is 0 Å². The second-order valence-electron chi connectivity index (χ2n) is 3.18. The monoisotopic (exact) mass is 210 g/mol. The number of hydrogen-bond acceptors (Lipinski definition) is 3. The highest BCUT2D eigenvalue weighted by Gasteiger charge is 2.11. The van der Waals surface area contributed by atoms with Crippen LogP contribution < -0.4 is 0 Å². The Balaban J connectivity index is 2.15. The van der Waals surface area contributed by atoms with Crippen LogP contribution in [-0.4, -0.2) is 28.9 Å². The van der Waals surface area contributed by atoms with Gasteiger partial charge < -0.3 is 14.9 Å². The number of carboxylic acid groups (broad SMARTS) is 1. The smallest absolute Gasteiger partial charge is 0.332 e. The zero-order valence-corrected chi connectivity index (χ0v) is 8.30. The van der Waals surface area contributed by atoms with Gasteiger partial charge in [-0.3, -0.25) is 0 Å². The van der Waals surface area contributed by atoms with Gasteiger partial charge in [0.2, 0.25) is 0 Å². The van der Waals surface area contributed by atoms with Gasteiger partial charge in [0.15, 0.2) is 6.10 Å². The van der Waals surface area contributed by atoms with Crippen LogP contribution in [0, 0.1) is 0 Å². The van der Waals surface area contributed by atoms with Gasteiger partial charge in [-0.05, 0) is 5.56 Å². The normalized spacial score (nSPS) is 12.3. The van der Waals surface area contributed by atoms with E-state index in [2.05, 4.69) is 0 Å². The van der Waals surface area contributed by atoms with Crippen molar-refractivity contribution < 1.29 is 19.7 Å². The average Bonchev–Trinajstić information content (AvgIpc) is 2.25. The van der Waals surface area contributed by atoms with Crippen LogP contribution in [0.2, 0.25) is 0 Å². The Labute approximate surface area is 88.1 Å². The summed E-state index contributed by atoms with van der Waals surface area (Å²) in [4.78, 5) is 10.3. The van der Waals surface area contributed by atoms with Crippen LogP contribution in [0.15, 0.2) is 30.3 Å². The van der Waals surface area contributed by atoms with Crippen LogP contribution in [0.4, 0.5) is 0 Å². The van der Waals surface area contributed by atoms with E-state index < -0.39 is 12.1 Å². The highest BCUT2D eigenvalue weighted by atomic mass is 16.5. The summed E-state index contributed by atoms with van der Waals surface area (Å²) >= 11 is 0. The van der Waals surface area contributed by atoms with Gasteiger partial charge in [-0.2, -0.15) is 0 Å². The lowest BCUT2D eigenvalue weighted by molar-refractivity contribution is -0.147. The van der Waals surface area contributed by atoms with Crippen molar-refractivity contribution in [2.75, 3.05) is 6.61 Å². The molecule has 0 saturated heterocycles. The standard InChI is InChI=1S/C11H14O4/c12-10(11(13)14)6-7-15-8-9-4-2-1-3-5-9/h1-5,10,12H,6-8H2,(H,13,14). The van der Waals surface area contributed by atoms with Crippen LogP contribution in [0.3, 0.4) is 0 Å². The maximum Gasteiger partial charge on any atom is 0.332 e. The lowest BCUT2D eigenvalue weighted by Gasteiger charge is -2.06. The van der Waals surface area contributed by atoms with E-state index in [1.807, 2.05) is 30.3 Å². The van der Waals surface area contributed by atoms with Crippen LogP contribution in [0.5, 0.6) is 0 Å². The molecule has 0 aromatic heterocycles. The van der Waals surface area contributed by atoms with Gasteiger partial charge >= 0.3 is 5.97 Å². The molecule has 0 aliphatic carbocycles. The maximum absolute atomic E-state index is 10.3. The third kappa shape index (κ3) is 4.58. The number of ether oxygens (including phenoxy) is 1. The number of aliphatic hydroxyl groups excluding tert-OH is 1. The van der Waals surface area contributed by atoms with Gasteiger partial charge in [-0.15, -0.1) is 0 Å². The van der Waals surface area contributed by atoms with Crippen molar-refractivity contribution in [3.8, 4) is 0 Å². The van der Waals surface area contributed by atoms with Gasteiger partial charge in [0.1, 0.15) is 0 Å². The highest BCUT2D eigenvalue weighted by molar-refractivity contribution is 5.71. The van der Waals surface area contributed by atoms with E-state index in [0.717, 1.165) is 5.56 Å². The first kappa shape index (κ1) is 11.7. The van der Waals surface area contributed by atoms with Crippen LogP contribution >= 0.6 is 0 Å². The first-order valence-corrected chi connectivity index (χ1v) is 4.72. The van der Waals surface area contributed by atoms with E-state index in [1.54, 1.807) is 0 Å². The van der Waals surface area contributed by atoms with Crippen molar-refractivity contribution in [2.45, 2.75) is 19.1 Å². The Morgan fingerprint density at radius 2 is 2.00 bits per heavy atom. The fourth-order valence-corrected chi connectivity index (χ4v) is 1.08. The number of hydrogen-bond donors (Lipinski definition) is 2. The summed E-state index contributed by atoms with van der Waals surface area (Å²) in [5.41, 5.74) is 1.03. The zero-order valence-electron chi connectivity index (χ0n) is 8.30. The summed E-state index contributed by atoms with van der Waals surface area (Å²) in [7, 11) is 0. The Morgan fingerprint density at radius 3 is 2.60 bits per heavy atom. The first-order chi connectivity index (χ1) is 7.20. The summed E-state index contributed by atoms with van der Waals surface area (Å²) in [5.74, 6) is -1.21. The molecule has 0 amide bonds. The fourth-order valence-electron chi connectivity index (χ4n) is 1.08. The fraction of sp³-hybridized carbons (Fsp3) is 0.364. The van der Waals surface area contributed by atoms with Crippen LogP contribution in [0.1, 0.15) is 12.0 Å². The minimum absolute atomic E-state index is 0.113. The molecule has 0 bridgehead atoms. The average molecular weight is 210 g/mol. The van der Waals surface area contributed by atoms with Gasteiger partial charge in [0.05, 0.1) is 13.2 Å². The van der Waals surface area contributed by atoms with E-state index in [4.69, 9.17) is 14.9 Å². The molecule has 1 aromatic rings. The number of carbonyl (C=O) groups is 1. The van der Waals surface area contributed by atoms with Crippen molar-refractivity contribution >= 4 is 5.97 Å². The van der Waals surface area contributed by atoms with Crippen molar-refractivity contribution in [3.05, 3.63) is 35.9 Å². The van der Waals surface area contributed by atoms with Crippen molar-refractivity contribution in [3.63, 3.8) is 0 Å². The highest BCUT2D eigenvalue weighted by Crippen LogP contribution is 2.01. The lowest BCUT2D eigenvalue weighted by atomic mass is 10.2.